The highest BCUT2D eigenvalue weighted by Gasteiger charge is 2.42. The Bertz CT molecular complexity index is 722. The van der Waals surface area contributed by atoms with Crippen LogP contribution in [-0.2, 0) is 11.3 Å². The molecule has 1 atom stereocenters. The number of amides is 1. The number of hydrogen-bond donors (Lipinski definition) is 2. The quantitative estimate of drug-likeness (QED) is 0.381. The van der Waals surface area contributed by atoms with Crippen molar-refractivity contribution in [3.8, 4) is 5.75 Å². The van der Waals surface area contributed by atoms with Crippen LogP contribution in [0.5, 0.6) is 5.75 Å². The van der Waals surface area contributed by atoms with Crippen LogP contribution in [0.15, 0.2) is 29.3 Å². The first-order chi connectivity index (χ1) is 13.2. The van der Waals surface area contributed by atoms with Crippen molar-refractivity contribution in [3.05, 3.63) is 29.8 Å². The van der Waals surface area contributed by atoms with Gasteiger partial charge in [-0.25, -0.2) is 0 Å². The fourth-order valence-electron chi connectivity index (χ4n) is 4.37. The highest BCUT2D eigenvalue weighted by molar-refractivity contribution is 14.0. The number of para-hydroxylation sites is 1. The Kier molecular flexibility index (Phi) is 7.06. The highest BCUT2D eigenvalue weighted by Crippen LogP contribution is 2.36. The molecule has 1 aromatic rings. The summed E-state index contributed by atoms with van der Waals surface area (Å²) in [4.78, 5) is 18.5. The van der Waals surface area contributed by atoms with Gasteiger partial charge in [-0.1, -0.05) is 18.2 Å². The number of aliphatic imine (C=N–C) groups is 1. The van der Waals surface area contributed by atoms with Crippen molar-refractivity contribution in [1.29, 1.82) is 0 Å². The van der Waals surface area contributed by atoms with Crippen LogP contribution in [-0.4, -0.2) is 49.6 Å². The summed E-state index contributed by atoms with van der Waals surface area (Å²) in [6.45, 7) is 3.34. The number of benzene rings is 1. The second kappa shape index (κ2) is 9.33. The number of hydrogen-bond acceptors (Lipinski definition) is 3. The Labute approximate surface area is 184 Å². The van der Waals surface area contributed by atoms with E-state index in [0.29, 0.717) is 19.1 Å². The van der Waals surface area contributed by atoms with Crippen molar-refractivity contribution < 1.29 is 9.53 Å². The molecule has 0 aromatic heterocycles. The Morgan fingerprint density at radius 2 is 2.18 bits per heavy atom. The van der Waals surface area contributed by atoms with Crippen molar-refractivity contribution in [2.45, 2.75) is 51.2 Å². The maximum absolute atomic E-state index is 11.7. The number of carbonyl (C=O) groups is 1. The molecule has 2 aliphatic heterocycles. The third-order valence-electron chi connectivity index (χ3n) is 6.12. The third kappa shape index (κ3) is 4.72. The van der Waals surface area contributed by atoms with E-state index in [1.807, 2.05) is 13.1 Å². The zero-order valence-corrected chi connectivity index (χ0v) is 18.9. The summed E-state index contributed by atoms with van der Waals surface area (Å²) < 4.78 is 6.14. The van der Waals surface area contributed by atoms with Crippen LogP contribution in [0.1, 0.15) is 44.1 Å². The topological polar surface area (TPSA) is 66.0 Å². The first-order valence-electron chi connectivity index (χ1n) is 10.1. The Balaban J connectivity index is 0.00000225. The highest BCUT2D eigenvalue weighted by atomic mass is 127. The summed E-state index contributed by atoms with van der Waals surface area (Å²) >= 11 is 0. The van der Waals surface area contributed by atoms with Gasteiger partial charge in [-0.3, -0.25) is 9.79 Å². The van der Waals surface area contributed by atoms with Crippen LogP contribution in [0.25, 0.3) is 0 Å². The van der Waals surface area contributed by atoms with Gasteiger partial charge in [-0.15, -0.1) is 24.0 Å². The lowest BCUT2D eigenvalue weighted by Crippen LogP contribution is -2.51. The van der Waals surface area contributed by atoms with E-state index in [4.69, 9.17) is 4.74 Å². The summed E-state index contributed by atoms with van der Waals surface area (Å²) in [7, 11) is 1.83. The molecule has 4 rings (SSSR count). The predicted octanol–water partition coefficient (Wildman–Crippen LogP) is 2.91. The maximum atomic E-state index is 11.7. The van der Waals surface area contributed by atoms with E-state index < -0.39 is 0 Å². The Morgan fingerprint density at radius 1 is 1.36 bits per heavy atom. The van der Waals surface area contributed by atoms with Gasteiger partial charge >= 0.3 is 0 Å². The molecule has 3 aliphatic rings. The van der Waals surface area contributed by atoms with Crippen LogP contribution in [0.2, 0.25) is 0 Å². The summed E-state index contributed by atoms with van der Waals surface area (Å²) in [6, 6.07) is 8.26. The van der Waals surface area contributed by atoms with Gasteiger partial charge < -0.3 is 20.3 Å². The molecule has 2 saturated heterocycles. The molecule has 1 spiro atoms. The van der Waals surface area contributed by atoms with Gasteiger partial charge in [0.15, 0.2) is 5.96 Å². The van der Waals surface area contributed by atoms with Gasteiger partial charge in [-0.05, 0) is 38.2 Å². The summed E-state index contributed by atoms with van der Waals surface area (Å²) in [5.41, 5.74) is 1.23. The Hall–Kier alpha value is -1.51. The molecule has 1 amide bonds. The molecule has 1 saturated carbocycles. The summed E-state index contributed by atoms with van der Waals surface area (Å²) in [5.74, 6) is 2.07. The fraction of sp³-hybridized carbons (Fsp3) is 0.619. The molecular formula is C21H31IN4O2. The second-order valence-corrected chi connectivity index (χ2v) is 8.16. The van der Waals surface area contributed by atoms with Crippen molar-refractivity contribution in [2.75, 3.05) is 26.7 Å². The minimum Gasteiger partial charge on any atom is -0.490 e. The number of carbonyl (C=O) groups excluding carboxylic acids is 1. The van der Waals surface area contributed by atoms with Crippen molar-refractivity contribution in [1.82, 2.24) is 15.5 Å². The predicted molar refractivity (Wildman–Crippen MR) is 121 cm³/mol. The van der Waals surface area contributed by atoms with Crippen LogP contribution in [0.4, 0.5) is 0 Å². The van der Waals surface area contributed by atoms with E-state index in [9.17, 15) is 4.79 Å². The molecule has 1 unspecified atom stereocenters. The van der Waals surface area contributed by atoms with Crippen LogP contribution >= 0.6 is 24.0 Å². The maximum Gasteiger partial charge on any atom is 0.220 e. The lowest BCUT2D eigenvalue weighted by Gasteiger charge is -2.40. The number of nitrogens with zero attached hydrogens (tertiary/aromatic N) is 2. The minimum absolute atomic E-state index is 0. The summed E-state index contributed by atoms with van der Waals surface area (Å²) in [6.07, 6.45) is 6.80. The lowest BCUT2D eigenvalue weighted by molar-refractivity contribution is -0.119. The van der Waals surface area contributed by atoms with E-state index in [-0.39, 0.29) is 35.3 Å². The fourth-order valence-corrected chi connectivity index (χ4v) is 4.37. The molecule has 28 heavy (non-hydrogen) atoms. The normalized spacial score (nSPS) is 25.1. The van der Waals surface area contributed by atoms with Crippen LogP contribution < -0.4 is 15.4 Å². The number of piperidine rings is 1. The molecule has 154 valence electrons. The number of ether oxygens (including phenoxy) is 1. The minimum atomic E-state index is 0. The number of likely N-dealkylation sites (tertiary alicyclic amines) is 1. The second-order valence-electron chi connectivity index (χ2n) is 8.16. The molecule has 6 nitrogen and oxygen atoms in total. The van der Waals surface area contributed by atoms with Gasteiger partial charge in [0.05, 0.1) is 6.10 Å². The van der Waals surface area contributed by atoms with Crippen molar-refractivity contribution >= 4 is 35.8 Å². The molecule has 2 heterocycles. The Morgan fingerprint density at radius 3 is 2.86 bits per heavy atom. The average molecular weight is 498 g/mol. The van der Waals surface area contributed by atoms with E-state index in [1.54, 1.807) is 0 Å². The number of rotatable bonds is 4. The largest absolute Gasteiger partial charge is 0.490 e. The molecule has 1 aromatic carbocycles. The summed E-state index contributed by atoms with van der Waals surface area (Å²) in [5, 5.41) is 6.52. The van der Waals surface area contributed by atoms with Gasteiger partial charge in [0, 0.05) is 50.6 Å². The average Bonchev–Trinajstić information content (AvgIpc) is 2.99. The molecule has 0 radical (unpaired) electrons. The van der Waals surface area contributed by atoms with Crippen molar-refractivity contribution in [3.63, 3.8) is 0 Å². The van der Waals surface area contributed by atoms with Crippen molar-refractivity contribution in [2.24, 2.45) is 10.4 Å². The molecule has 0 bridgehead atoms. The molecule has 1 aliphatic carbocycles. The zero-order chi connectivity index (χ0) is 18.7. The van der Waals surface area contributed by atoms with E-state index in [0.717, 1.165) is 62.6 Å². The molecule has 2 N–H and O–H groups in total. The molecular weight excluding hydrogens is 467 g/mol. The van der Waals surface area contributed by atoms with E-state index >= 15 is 0 Å². The first kappa shape index (κ1) is 21.2. The SMILES string of the molecule is CN=C(NCc1ccccc1OC1CCC1)N1CCCC2(CNC(=O)C2)C1.I. The third-order valence-corrected chi connectivity index (χ3v) is 6.12. The monoisotopic (exact) mass is 498 g/mol. The van der Waals surface area contributed by atoms with E-state index in [1.165, 1.54) is 6.42 Å². The van der Waals surface area contributed by atoms with Gasteiger partial charge in [0.1, 0.15) is 5.75 Å². The van der Waals surface area contributed by atoms with Gasteiger partial charge in [0.2, 0.25) is 5.91 Å². The lowest BCUT2D eigenvalue weighted by atomic mass is 9.79. The smallest absolute Gasteiger partial charge is 0.220 e. The molecule has 3 fully saturated rings. The van der Waals surface area contributed by atoms with Gasteiger partial charge in [0.25, 0.3) is 0 Å². The van der Waals surface area contributed by atoms with Crippen LogP contribution in [0, 0.1) is 5.41 Å². The van der Waals surface area contributed by atoms with E-state index in [2.05, 4.69) is 38.7 Å². The number of nitrogens with one attached hydrogen (secondary N) is 2. The molecule has 7 heteroatoms. The van der Waals surface area contributed by atoms with Crippen LogP contribution in [0.3, 0.4) is 0 Å². The first-order valence-corrected chi connectivity index (χ1v) is 10.1. The number of halogens is 1. The zero-order valence-electron chi connectivity index (χ0n) is 16.6. The number of guanidine groups is 1. The standard InChI is InChI=1S/C21H30N4O2.HI/c1-22-20(25-11-5-10-21(15-25)12-19(26)24-14-21)23-13-16-6-2-3-9-18(16)27-17-7-4-8-17;/h2-3,6,9,17H,4-5,7-8,10-15H2,1H3,(H,22,23)(H,24,26);1H. The van der Waals surface area contributed by atoms with Gasteiger partial charge in [-0.2, -0.15) is 0 Å².